The monoisotopic (exact) mass is 480 g/mol. The molecule has 34 heavy (non-hydrogen) atoms. The van der Waals surface area contributed by atoms with Crippen LogP contribution in [0, 0.1) is 0 Å². The molecule has 4 rings (SSSR count). The second-order valence-electron chi connectivity index (χ2n) is 7.63. The highest BCUT2D eigenvalue weighted by molar-refractivity contribution is 7.09. The maximum atomic E-state index is 12.6. The molecule has 8 nitrogen and oxygen atoms in total. The van der Waals surface area contributed by atoms with E-state index in [0.29, 0.717) is 49.6 Å². The van der Waals surface area contributed by atoms with Crippen molar-refractivity contribution < 1.29 is 19.0 Å². The second kappa shape index (κ2) is 11.0. The molecule has 0 radical (unpaired) electrons. The average Bonchev–Trinajstić information content (AvgIpc) is 3.50. The number of fused-ring (bicyclic) bond motifs is 1. The number of ether oxygens (including phenoxy) is 3. The Hall–Kier alpha value is -3.59. The van der Waals surface area contributed by atoms with Crippen molar-refractivity contribution in [1.82, 2.24) is 19.9 Å². The van der Waals surface area contributed by atoms with E-state index in [1.165, 1.54) is 4.88 Å². The predicted octanol–water partition coefficient (Wildman–Crippen LogP) is 3.86. The first-order valence-corrected chi connectivity index (χ1v) is 11.9. The van der Waals surface area contributed by atoms with Gasteiger partial charge in [0.1, 0.15) is 11.3 Å². The molecule has 1 amide bonds. The zero-order chi connectivity index (χ0) is 23.9. The molecule has 4 aromatic rings. The Morgan fingerprint density at radius 3 is 2.62 bits per heavy atom. The summed E-state index contributed by atoms with van der Waals surface area (Å²) in [5, 5.41) is 5.06. The molecule has 0 bridgehead atoms. The number of imidazole rings is 1. The average molecular weight is 481 g/mol. The van der Waals surface area contributed by atoms with Crippen LogP contribution in [0.5, 0.6) is 17.2 Å². The number of carbonyl (C=O) groups is 1. The Kier molecular flexibility index (Phi) is 7.64. The highest BCUT2D eigenvalue weighted by Gasteiger charge is 2.17. The minimum absolute atomic E-state index is 0.0258. The van der Waals surface area contributed by atoms with E-state index in [0.717, 1.165) is 22.6 Å². The van der Waals surface area contributed by atoms with Crippen LogP contribution in [0.25, 0.3) is 11.2 Å². The van der Waals surface area contributed by atoms with Crippen molar-refractivity contribution in [2.45, 2.75) is 25.8 Å². The number of nitrogens with one attached hydrogen (secondary N) is 1. The Labute approximate surface area is 202 Å². The number of hydrogen-bond donors (Lipinski definition) is 1. The van der Waals surface area contributed by atoms with E-state index in [1.54, 1.807) is 38.9 Å². The first kappa shape index (κ1) is 23.6. The molecule has 1 aromatic carbocycles. The Morgan fingerprint density at radius 2 is 1.88 bits per heavy atom. The molecule has 3 aromatic heterocycles. The van der Waals surface area contributed by atoms with E-state index in [1.807, 2.05) is 30.3 Å². The van der Waals surface area contributed by atoms with Gasteiger partial charge in [-0.25, -0.2) is 9.97 Å². The van der Waals surface area contributed by atoms with Gasteiger partial charge >= 0.3 is 0 Å². The SMILES string of the molecule is COc1ccc(CCNC(=O)CCc2nc3cccnc3n2Cc2cccs2)c(OC)c1OC. The van der Waals surface area contributed by atoms with Gasteiger partial charge in [-0.15, -0.1) is 11.3 Å². The Bertz CT molecular complexity index is 1250. The highest BCUT2D eigenvalue weighted by Crippen LogP contribution is 2.39. The third-order valence-corrected chi connectivity index (χ3v) is 6.42. The van der Waals surface area contributed by atoms with E-state index in [9.17, 15) is 4.79 Å². The number of hydrogen-bond acceptors (Lipinski definition) is 7. The molecule has 1 N–H and O–H groups in total. The summed E-state index contributed by atoms with van der Waals surface area (Å²) in [7, 11) is 4.76. The summed E-state index contributed by atoms with van der Waals surface area (Å²) in [6, 6.07) is 11.7. The van der Waals surface area contributed by atoms with Crippen LogP contribution in [0.1, 0.15) is 22.7 Å². The lowest BCUT2D eigenvalue weighted by atomic mass is 10.1. The lowest BCUT2D eigenvalue weighted by Gasteiger charge is -2.16. The van der Waals surface area contributed by atoms with Gasteiger partial charge in [-0.3, -0.25) is 4.79 Å². The van der Waals surface area contributed by atoms with Crippen LogP contribution in [-0.4, -0.2) is 48.3 Å². The number of pyridine rings is 1. The summed E-state index contributed by atoms with van der Waals surface area (Å²) < 4.78 is 18.4. The number of aryl methyl sites for hydroxylation is 1. The molecule has 0 saturated carbocycles. The van der Waals surface area contributed by atoms with Gasteiger partial charge in [-0.2, -0.15) is 0 Å². The Morgan fingerprint density at radius 1 is 1.03 bits per heavy atom. The molecule has 0 fully saturated rings. The van der Waals surface area contributed by atoms with Crippen LogP contribution >= 0.6 is 11.3 Å². The third-order valence-electron chi connectivity index (χ3n) is 5.55. The number of aromatic nitrogens is 3. The first-order valence-electron chi connectivity index (χ1n) is 11.0. The molecular weight excluding hydrogens is 452 g/mol. The number of amides is 1. The van der Waals surface area contributed by atoms with Crippen LogP contribution in [0.2, 0.25) is 0 Å². The van der Waals surface area contributed by atoms with E-state index in [2.05, 4.69) is 26.3 Å². The van der Waals surface area contributed by atoms with Gasteiger partial charge in [-0.1, -0.05) is 12.1 Å². The molecular formula is C25H28N4O4S. The summed E-state index contributed by atoms with van der Waals surface area (Å²) >= 11 is 1.70. The van der Waals surface area contributed by atoms with Crippen molar-refractivity contribution in [3.8, 4) is 17.2 Å². The number of methoxy groups -OCH3 is 3. The van der Waals surface area contributed by atoms with Crippen LogP contribution in [0.4, 0.5) is 0 Å². The topological polar surface area (TPSA) is 87.5 Å². The standard InChI is InChI=1S/C25H28N4O4S/c1-31-20-9-8-17(23(32-2)24(20)33-3)12-14-26-22(30)11-10-21-28-19-7-4-13-27-25(19)29(21)16-18-6-5-15-34-18/h4-9,13,15H,10-12,14,16H2,1-3H3,(H,26,30). The van der Waals surface area contributed by atoms with Gasteiger partial charge in [0.2, 0.25) is 11.7 Å². The quantitative estimate of drug-likeness (QED) is 0.351. The minimum Gasteiger partial charge on any atom is -0.493 e. The molecule has 0 aliphatic heterocycles. The summed E-state index contributed by atoms with van der Waals surface area (Å²) in [5.41, 5.74) is 2.62. The van der Waals surface area contributed by atoms with Crippen molar-refractivity contribution in [3.05, 3.63) is 64.2 Å². The fraction of sp³-hybridized carbons (Fsp3) is 0.320. The van der Waals surface area contributed by atoms with Crippen molar-refractivity contribution >= 4 is 28.4 Å². The molecule has 0 unspecified atom stereocenters. The van der Waals surface area contributed by atoms with Crippen LogP contribution in [-0.2, 0) is 24.2 Å². The predicted molar refractivity (Wildman–Crippen MR) is 132 cm³/mol. The van der Waals surface area contributed by atoms with Gasteiger partial charge in [0.15, 0.2) is 17.1 Å². The summed E-state index contributed by atoms with van der Waals surface area (Å²) in [4.78, 5) is 23.1. The van der Waals surface area contributed by atoms with Crippen molar-refractivity contribution in [2.24, 2.45) is 0 Å². The Balaban J connectivity index is 1.38. The molecule has 0 spiro atoms. The molecule has 178 valence electrons. The minimum atomic E-state index is -0.0258. The fourth-order valence-corrected chi connectivity index (χ4v) is 4.62. The van der Waals surface area contributed by atoms with Crippen LogP contribution < -0.4 is 19.5 Å². The van der Waals surface area contributed by atoms with Gasteiger partial charge in [0.05, 0.1) is 27.9 Å². The smallest absolute Gasteiger partial charge is 0.220 e. The van der Waals surface area contributed by atoms with Crippen molar-refractivity contribution in [1.29, 1.82) is 0 Å². The lowest BCUT2D eigenvalue weighted by Crippen LogP contribution is -2.26. The number of rotatable bonds is 11. The lowest BCUT2D eigenvalue weighted by molar-refractivity contribution is -0.121. The summed E-state index contributed by atoms with van der Waals surface area (Å²) in [5.74, 6) is 2.60. The molecule has 0 saturated heterocycles. The molecule has 3 heterocycles. The zero-order valence-corrected chi connectivity index (χ0v) is 20.4. The number of benzene rings is 1. The fourth-order valence-electron chi connectivity index (χ4n) is 3.93. The van der Waals surface area contributed by atoms with Gasteiger partial charge in [-0.05, 0) is 36.1 Å². The van der Waals surface area contributed by atoms with Gasteiger partial charge in [0, 0.05) is 36.0 Å². The largest absolute Gasteiger partial charge is 0.493 e. The van der Waals surface area contributed by atoms with E-state index in [4.69, 9.17) is 19.2 Å². The van der Waals surface area contributed by atoms with Crippen molar-refractivity contribution in [3.63, 3.8) is 0 Å². The summed E-state index contributed by atoms with van der Waals surface area (Å²) in [6.07, 6.45) is 3.26. The number of nitrogens with zero attached hydrogens (tertiary/aromatic N) is 3. The van der Waals surface area contributed by atoms with E-state index in [-0.39, 0.29) is 5.91 Å². The molecule has 0 aliphatic rings. The van der Waals surface area contributed by atoms with E-state index < -0.39 is 0 Å². The maximum Gasteiger partial charge on any atom is 0.220 e. The van der Waals surface area contributed by atoms with Gasteiger partial charge < -0.3 is 24.1 Å². The molecule has 0 atom stereocenters. The second-order valence-corrected chi connectivity index (χ2v) is 8.67. The third kappa shape index (κ3) is 5.14. The molecule has 0 aliphatic carbocycles. The normalized spacial score (nSPS) is 10.9. The maximum absolute atomic E-state index is 12.6. The molecule has 9 heteroatoms. The number of carbonyl (C=O) groups excluding carboxylic acids is 1. The van der Waals surface area contributed by atoms with Crippen LogP contribution in [0.15, 0.2) is 48.0 Å². The van der Waals surface area contributed by atoms with Crippen LogP contribution in [0.3, 0.4) is 0 Å². The van der Waals surface area contributed by atoms with Gasteiger partial charge in [0.25, 0.3) is 0 Å². The van der Waals surface area contributed by atoms with Crippen molar-refractivity contribution in [2.75, 3.05) is 27.9 Å². The number of thiophene rings is 1. The van der Waals surface area contributed by atoms with E-state index >= 15 is 0 Å². The highest BCUT2D eigenvalue weighted by atomic mass is 32.1. The first-order chi connectivity index (χ1) is 16.6. The zero-order valence-electron chi connectivity index (χ0n) is 19.5. The summed E-state index contributed by atoms with van der Waals surface area (Å²) in [6.45, 7) is 1.18.